The summed E-state index contributed by atoms with van der Waals surface area (Å²) in [6, 6.07) is 5.78. The smallest absolute Gasteiger partial charge is 0.335 e. The number of halogens is 1. The molecule has 13 heavy (non-hydrogen) atoms. The number of carbonyl (C=O) groups is 1. The Kier molecular flexibility index (Phi) is 1.77. The predicted octanol–water partition coefficient (Wildman–Crippen LogP) is 1.35. The van der Waals surface area contributed by atoms with E-state index in [1.54, 1.807) is 6.07 Å². The second kappa shape index (κ2) is 2.81. The lowest BCUT2D eigenvalue weighted by atomic mass is 10.1. The van der Waals surface area contributed by atoms with Gasteiger partial charge in [0.15, 0.2) is 6.10 Å². The molecule has 2 rings (SSSR count). The molecule has 1 N–H and O–H groups in total. The van der Waals surface area contributed by atoms with Crippen molar-refractivity contribution in [3.63, 3.8) is 0 Å². The number of hydrogen-bond donors (Lipinski definition) is 1. The fraction of sp³-hybridized carbons (Fsp3) is 0.222. The second-order valence-corrected chi connectivity index (χ2v) is 2.87. The van der Waals surface area contributed by atoms with Crippen LogP contribution in [-0.2, 0) is 9.53 Å². The maximum absolute atomic E-state index is 12.7. The van der Waals surface area contributed by atoms with Crippen molar-refractivity contribution in [1.29, 1.82) is 0 Å². The van der Waals surface area contributed by atoms with Crippen LogP contribution >= 0.6 is 0 Å². The lowest BCUT2D eigenvalue weighted by molar-refractivity contribution is -0.138. The monoisotopic (exact) mass is 182 g/mol. The number of epoxide rings is 1. The molecular weight excluding hydrogens is 175 g/mol. The van der Waals surface area contributed by atoms with Gasteiger partial charge in [-0.05, 0) is 17.7 Å². The molecule has 2 atom stereocenters. The van der Waals surface area contributed by atoms with Crippen molar-refractivity contribution in [2.45, 2.75) is 12.2 Å². The normalized spacial score (nSPS) is 25.6. The highest BCUT2D eigenvalue weighted by atomic mass is 19.1. The van der Waals surface area contributed by atoms with Crippen LogP contribution in [0.5, 0.6) is 0 Å². The number of ether oxygens (including phenoxy) is 1. The Labute approximate surface area is 73.8 Å². The summed E-state index contributed by atoms with van der Waals surface area (Å²) in [4.78, 5) is 10.4. The van der Waals surface area contributed by atoms with Crippen molar-refractivity contribution >= 4 is 5.97 Å². The molecule has 1 aromatic carbocycles. The first kappa shape index (κ1) is 8.19. The van der Waals surface area contributed by atoms with Gasteiger partial charge in [0.25, 0.3) is 0 Å². The van der Waals surface area contributed by atoms with Gasteiger partial charge in [-0.3, -0.25) is 0 Å². The lowest BCUT2D eigenvalue weighted by Crippen LogP contribution is -2.04. The van der Waals surface area contributed by atoms with E-state index in [4.69, 9.17) is 9.84 Å². The summed E-state index contributed by atoms with van der Waals surface area (Å²) in [5, 5.41) is 8.54. The van der Waals surface area contributed by atoms with Gasteiger partial charge in [0.2, 0.25) is 0 Å². The third-order valence-corrected chi connectivity index (χ3v) is 1.91. The first-order valence-corrected chi connectivity index (χ1v) is 3.82. The summed E-state index contributed by atoms with van der Waals surface area (Å²) >= 11 is 0. The zero-order valence-corrected chi connectivity index (χ0v) is 6.61. The maximum Gasteiger partial charge on any atom is 0.335 e. The molecule has 68 valence electrons. The van der Waals surface area contributed by atoms with Crippen LogP contribution in [0.1, 0.15) is 11.7 Å². The summed E-state index contributed by atoms with van der Waals surface area (Å²) in [5.41, 5.74) is 0.576. The van der Waals surface area contributed by atoms with Crippen LogP contribution in [-0.4, -0.2) is 17.2 Å². The molecule has 0 bridgehead atoms. The third-order valence-electron chi connectivity index (χ3n) is 1.91. The second-order valence-electron chi connectivity index (χ2n) is 2.87. The third kappa shape index (κ3) is 1.53. The summed E-state index contributed by atoms with van der Waals surface area (Å²) in [6.07, 6.45) is -1.28. The lowest BCUT2D eigenvalue weighted by Gasteiger charge is -1.93. The van der Waals surface area contributed by atoms with E-state index in [-0.39, 0.29) is 5.82 Å². The van der Waals surface area contributed by atoms with E-state index < -0.39 is 18.2 Å². The molecule has 1 saturated heterocycles. The predicted molar refractivity (Wildman–Crippen MR) is 41.6 cm³/mol. The molecule has 0 amide bonds. The number of aliphatic carboxylic acids is 1. The van der Waals surface area contributed by atoms with Gasteiger partial charge in [0.05, 0.1) is 0 Å². The SMILES string of the molecule is O=C(O)[C@H]1O[C@@H]1c1cccc(F)c1. The van der Waals surface area contributed by atoms with Crippen molar-refractivity contribution in [3.8, 4) is 0 Å². The number of carboxylic acid groups (broad SMARTS) is 1. The minimum absolute atomic E-state index is 0.378. The molecule has 3 nitrogen and oxygen atoms in total. The number of rotatable bonds is 2. The van der Waals surface area contributed by atoms with Crippen LogP contribution in [0.15, 0.2) is 24.3 Å². The van der Waals surface area contributed by atoms with E-state index in [0.29, 0.717) is 5.56 Å². The zero-order valence-electron chi connectivity index (χ0n) is 6.61. The van der Waals surface area contributed by atoms with Gasteiger partial charge in [0.1, 0.15) is 11.9 Å². The standard InChI is InChI=1S/C9H7FO3/c10-6-3-1-2-5(4-6)7-8(13-7)9(11)12/h1-4,7-8H,(H,11,12)/t7-,8+/m1/s1. The van der Waals surface area contributed by atoms with Gasteiger partial charge in [-0.15, -0.1) is 0 Å². The Bertz CT molecular complexity index is 350. The Morgan fingerprint density at radius 2 is 2.31 bits per heavy atom. The molecule has 0 saturated carbocycles. The van der Waals surface area contributed by atoms with Crippen LogP contribution in [0.2, 0.25) is 0 Å². The van der Waals surface area contributed by atoms with E-state index in [1.807, 2.05) is 0 Å². The van der Waals surface area contributed by atoms with Gasteiger partial charge >= 0.3 is 5.97 Å². The van der Waals surface area contributed by atoms with Gasteiger partial charge in [-0.2, -0.15) is 0 Å². The van der Waals surface area contributed by atoms with E-state index in [2.05, 4.69) is 0 Å². The van der Waals surface area contributed by atoms with Crippen molar-refractivity contribution in [2.24, 2.45) is 0 Å². The number of hydrogen-bond acceptors (Lipinski definition) is 2. The van der Waals surface area contributed by atoms with E-state index in [1.165, 1.54) is 18.2 Å². The first-order valence-electron chi connectivity index (χ1n) is 3.82. The first-order chi connectivity index (χ1) is 6.18. The van der Waals surface area contributed by atoms with E-state index >= 15 is 0 Å². The van der Waals surface area contributed by atoms with Crippen molar-refractivity contribution in [2.75, 3.05) is 0 Å². The fourth-order valence-corrected chi connectivity index (χ4v) is 1.24. The van der Waals surface area contributed by atoms with Gasteiger partial charge in [-0.25, -0.2) is 9.18 Å². The van der Waals surface area contributed by atoms with Crippen LogP contribution in [0.25, 0.3) is 0 Å². The highest BCUT2D eigenvalue weighted by Gasteiger charge is 2.46. The van der Waals surface area contributed by atoms with Gasteiger partial charge in [0, 0.05) is 0 Å². The quantitative estimate of drug-likeness (QED) is 0.702. The highest BCUT2D eigenvalue weighted by Crippen LogP contribution is 2.38. The highest BCUT2D eigenvalue weighted by molar-refractivity contribution is 5.76. The Hall–Kier alpha value is -1.42. The largest absolute Gasteiger partial charge is 0.479 e. The van der Waals surface area contributed by atoms with Crippen LogP contribution in [0.4, 0.5) is 4.39 Å². The van der Waals surface area contributed by atoms with Gasteiger partial charge in [-0.1, -0.05) is 12.1 Å². The number of benzene rings is 1. The van der Waals surface area contributed by atoms with E-state index in [9.17, 15) is 9.18 Å². The molecule has 0 aromatic heterocycles. The maximum atomic E-state index is 12.7. The molecular formula is C9H7FO3. The molecule has 0 unspecified atom stereocenters. The van der Waals surface area contributed by atoms with E-state index in [0.717, 1.165) is 0 Å². The minimum Gasteiger partial charge on any atom is -0.479 e. The van der Waals surface area contributed by atoms with Crippen LogP contribution < -0.4 is 0 Å². The minimum atomic E-state index is -1.01. The molecule has 4 heteroatoms. The van der Waals surface area contributed by atoms with Crippen molar-refractivity contribution in [1.82, 2.24) is 0 Å². The van der Waals surface area contributed by atoms with Crippen LogP contribution in [0, 0.1) is 5.82 Å². The zero-order chi connectivity index (χ0) is 9.42. The molecule has 1 aromatic rings. The van der Waals surface area contributed by atoms with Crippen molar-refractivity contribution in [3.05, 3.63) is 35.6 Å². The van der Waals surface area contributed by atoms with Crippen molar-refractivity contribution < 1.29 is 19.0 Å². The summed E-state index contributed by atoms with van der Waals surface area (Å²) in [7, 11) is 0. The number of carboxylic acids is 1. The average molecular weight is 182 g/mol. The average Bonchev–Trinajstić information content (AvgIpc) is 2.82. The molecule has 0 radical (unpaired) electrons. The summed E-state index contributed by atoms with van der Waals surface area (Å²) in [6.45, 7) is 0. The Balaban J connectivity index is 2.16. The molecule has 1 heterocycles. The molecule has 0 spiro atoms. The molecule has 1 aliphatic rings. The fourth-order valence-electron chi connectivity index (χ4n) is 1.24. The molecule has 0 aliphatic carbocycles. The molecule has 1 fully saturated rings. The molecule has 1 aliphatic heterocycles. The summed E-state index contributed by atoms with van der Waals surface area (Å²) < 4.78 is 17.5. The topological polar surface area (TPSA) is 49.8 Å². The van der Waals surface area contributed by atoms with Crippen LogP contribution in [0.3, 0.4) is 0 Å². The summed E-state index contributed by atoms with van der Waals surface area (Å²) in [5.74, 6) is -1.38. The Morgan fingerprint density at radius 3 is 2.85 bits per heavy atom. The van der Waals surface area contributed by atoms with Gasteiger partial charge < -0.3 is 9.84 Å². The Morgan fingerprint density at radius 1 is 1.54 bits per heavy atom.